The van der Waals surface area contributed by atoms with Crippen molar-refractivity contribution in [1.82, 2.24) is 9.21 Å². The monoisotopic (exact) mass is 580 g/mol. The Hall–Kier alpha value is -1.94. The molecule has 2 heterocycles. The summed E-state index contributed by atoms with van der Waals surface area (Å²) in [6.07, 6.45) is 1.18. The van der Waals surface area contributed by atoms with Crippen molar-refractivity contribution in [2.45, 2.75) is 37.6 Å². The van der Waals surface area contributed by atoms with E-state index in [-0.39, 0.29) is 23.9 Å². The van der Waals surface area contributed by atoms with Gasteiger partial charge in [-0.3, -0.25) is 4.79 Å². The van der Waals surface area contributed by atoms with E-state index in [1.165, 1.54) is 9.18 Å². The van der Waals surface area contributed by atoms with E-state index in [1.54, 1.807) is 52.6 Å². The number of halogens is 2. The van der Waals surface area contributed by atoms with E-state index in [2.05, 4.69) is 0 Å². The molecular weight excluding hydrogens is 551 g/mol. The van der Waals surface area contributed by atoms with Crippen LogP contribution >= 0.6 is 34.5 Å². The van der Waals surface area contributed by atoms with E-state index in [4.69, 9.17) is 27.9 Å². The third kappa shape index (κ3) is 6.38. The summed E-state index contributed by atoms with van der Waals surface area (Å²) in [5.41, 5.74) is 2.74. The molecule has 37 heavy (non-hydrogen) atoms. The first-order valence-electron chi connectivity index (χ1n) is 12.2. The Kier molecular flexibility index (Phi) is 9.32. The van der Waals surface area contributed by atoms with Crippen molar-refractivity contribution in [1.29, 1.82) is 0 Å². The van der Waals surface area contributed by atoms with Crippen LogP contribution in [-0.4, -0.2) is 56.4 Å². The van der Waals surface area contributed by atoms with Crippen LogP contribution in [0.15, 0.2) is 58.8 Å². The number of hydrogen-bond donors (Lipinski definition) is 0. The summed E-state index contributed by atoms with van der Waals surface area (Å²) in [6, 6.07) is 13.5. The molecule has 198 valence electrons. The van der Waals surface area contributed by atoms with Gasteiger partial charge in [-0.15, -0.1) is 11.3 Å². The molecule has 3 aromatic rings. The van der Waals surface area contributed by atoms with Crippen molar-refractivity contribution in [2.24, 2.45) is 0 Å². The van der Waals surface area contributed by atoms with Gasteiger partial charge in [-0.05, 0) is 73.5 Å². The van der Waals surface area contributed by atoms with E-state index in [0.29, 0.717) is 42.6 Å². The molecule has 4 rings (SSSR count). The normalized spacial score (nSPS) is 15.7. The van der Waals surface area contributed by atoms with Gasteiger partial charge in [-0.2, -0.15) is 4.31 Å². The Morgan fingerprint density at radius 1 is 1.14 bits per heavy atom. The lowest BCUT2D eigenvalue weighted by molar-refractivity contribution is -0.133. The maximum absolute atomic E-state index is 13.8. The van der Waals surface area contributed by atoms with Crippen LogP contribution in [0.25, 0.3) is 0 Å². The highest BCUT2D eigenvalue weighted by Gasteiger charge is 2.36. The Morgan fingerprint density at radius 3 is 2.59 bits per heavy atom. The summed E-state index contributed by atoms with van der Waals surface area (Å²) < 4.78 is 33.9. The molecule has 1 unspecified atom stereocenters. The number of thiophene rings is 1. The second-order valence-corrected chi connectivity index (χ2v) is 12.7. The number of amides is 1. The second kappa shape index (κ2) is 12.3. The minimum atomic E-state index is -3.90. The van der Waals surface area contributed by atoms with Crippen LogP contribution in [0.4, 0.5) is 0 Å². The van der Waals surface area contributed by atoms with Gasteiger partial charge in [0.05, 0.1) is 17.5 Å². The molecule has 1 amide bonds. The van der Waals surface area contributed by atoms with Crippen molar-refractivity contribution in [3.63, 3.8) is 0 Å². The van der Waals surface area contributed by atoms with Crippen molar-refractivity contribution < 1.29 is 17.9 Å². The number of rotatable bonds is 10. The van der Waals surface area contributed by atoms with E-state index < -0.39 is 16.1 Å². The lowest BCUT2D eigenvalue weighted by Gasteiger charge is -2.38. The van der Waals surface area contributed by atoms with E-state index >= 15 is 0 Å². The van der Waals surface area contributed by atoms with Crippen LogP contribution < -0.4 is 0 Å². The molecule has 1 atom stereocenters. The Bertz CT molecular complexity index is 1340. The van der Waals surface area contributed by atoms with Crippen LogP contribution in [0.2, 0.25) is 10.0 Å². The zero-order valence-corrected chi connectivity index (χ0v) is 24.0. The van der Waals surface area contributed by atoms with Gasteiger partial charge < -0.3 is 9.64 Å². The highest BCUT2D eigenvalue weighted by Crippen LogP contribution is 2.41. The topological polar surface area (TPSA) is 66.9 Å². The zero-order chi connectivity index (χ0) is 26.6. The molecule has 0 N–H and O–H groups in total. The van der Waals surface area contributed by atoms with Gasteiger partial charge in [0.2, 0.25) is 15.9 Å². The first-order valence-corrected chi connectivity index (χ1v) is 15.2. The van der Waals surface area contributed by atoms with Crippen molar-refractivity contribution in [2.75, 3.05) is 32.8 Å². The van der Waals surface area contributed by atoms with Gasteiger partial charge in [0.1, 0.15) is 0 Å². The fourth-order valence-corrected chi connectivity index (χ4v) is 7.36. The summed E-state index contributed by atoms with van der Waals surface area (Å²) in [4.78, 5) is 16.9. The largest absolute Gasteiger partial charge is 0.382 e. The SMILES string of the molecule is CCOCCCN(CC(=O)N1CCc2sccc2C1c1ccc(Cl)cc1Cl)S(=O)(=O)c1ccc(C)cc1. The van der Waals surface area contributed by atoms with Gasteiger partial charge in [0.15, 0.2) is 0 Å². The second-order valence-electron chi connectivity index (χ2n) is 8.91. The number of carbonyl (C=O) groups is 1. The Morgan fingerprint density at radius 2 is 1.89 bits per heavy atom. The number of nitrogens with zero attached hydrogens (tertiary/aromatic N) is 2. The van der Waals surface area contributed by atoms with Gasteiger partial charge >= 0.3 is 0 Å². The third-order valence-electron chi connectivity index (χ3n) is 6.41. The zero-order valence-electron chi connectivity index (χ0n) is 20.8. The smallest absolute Gasteiger partial charge is 0.243 e. The lowest BCUT2D eigenvalue weighted by atomic mass is 9.93. The van der Waals surface area contributed by atoms with Crippen molar-refractivity contribution in [3.05, 3.63) is 85.5 Å². The highest BCUT2D eigenvalue weighted by molar-refractivity contribution is 7.89. The number of fused-ring (bicyclic) bond motifs is 1. The van der Waals surface area contributed by atoms with Crippen LogP contribution in [0.5, 0.6) is 0 Å². The van der Waals surface area contributed by atoms with Crippen molar-refractivity contribution in [3.8, 4) is 0 Å². The standard InChI is InChI=1S/C27H30Cl2N2O4S2/c1-3-35-15-4-13-30(37(33,34)21-8-5-19(2)6-9-21)18-26(32)31-14-11-25-23(12-16-36-25)27(31)22-10-7-20(28)17-24(22)29/h5-10,12,16-17,27H,3-4,11,13-15,18H2,1-2H3. The third-order valence-corrected chi connectivity index (χ3v) is 9.83. The summed E-state index contributed by atoms with van der Waals surface area (Å²) in [5, 5.41) is 2.99. The number of carbonyl (C=O) groups excluding carboxylic acids is 1. The van der Waals surface area contributed by atoms with Gasteiger partial charge in [-0.25, -0.2) is 8.42 Å². The highest BCUT2D eigenvalue weighted by atomic mass is 35.5. The summed E-state index contributed by atoms with van der Waals surface area (Å²) >= 11 is 14.4. The minimum Gasteiger partial charge on any atom is -0.382 e. The minimum absolute atomic E-state index is 0.165. The fourth-order valence-electron chi connectivity index (χ4n) is 4.52. The fraction of sp³-hybridized carbons (Fsp3) is 0.370. The van der Waals surface area contributed by atoms with Crippen LogP contribution in [-0.2, 0) is 26.0 Å². The first kappa shape index (κ1) is 28.1. The molecule has 2 aromatic carbocycles. The molecule has 0 bridgehead atoms. The molecule has 6 nitrogen and oxygen atoms in total. The van der Waals surface area contributed by atoms with Crippen molar-refractivity contribution >= 4 is 50.5 Å². The molecular formula is C27H30Cl2N2O4S2. The number of aryl methyl sites for hydroxylation is 1. The number of ether oxygens (including phenoxy) is 1. The molecule has 0 radical (unpaired) electrons. The Labute approximate surface area is 232 Å². The lowest BCUT2D eigenvalue weighted by Crippen LogP contribution is -2.47. The number of hydrogen-bond acceptors (Lipinski definition) is 5. The quantitative estimate of drug-likeness (QED) is 0.278. The number of benzene rings is 2. The molecule has 0 saturated carbocycles. The molecule has 1 aliphatic rings. The molecule has 0 saturated heterocycles. The average Bonchev–Trinajstić information content (AvgIpc) is 3.35. The molecule has 0 spiro atoms. The molecule has 0 fully saturated rings. The predicted molar refractivity (Wildman–Crippen MR) is 149 cm³/mol. The average molecular weight is 582 g/mol. The molecule has 1 aliphatic heterocycles. The number of sulfonamides is 1. The summed E-state index contributed by atoms with van der Waals surface area (Å²) in [6.45, 7) is 5.11. The summed E-state index contributed by atoms with van der Waals surface area (Å²) in [7, 11) is -3.90. The van der Waals surface area contributed by atoms with Gasteiger partial charge in [0, 0.05) is 41.2 Å². The van der Waals surface area contributed by atoms with Gasteiger partial charge in [-0.1, -0.05) is 47.0 Å². The molecule has 10 heteroatoms. The maximum atomic E-state index is 13.8. The van der Waals surface area contributed by atoms with E-state index in [9.17, 15) is 13.2 Å². The van der Waals surface area contributed by atoms with Crippen LogP contribution in [0.1, 0.15) is 41.0 Å². The van der Waals surface area contributed by atoms with Crippen LogP contribution in [0, 0.1) is 6.92 Å². The molecule has 1 aromatic heterocycles. The maximum Gasteiger partial charge on any atom is 0.243 e. The summed E-state index contributed by atoms with van der Waals surface area (Å²) in [5.74, 6) is -0.278. The van der Waals surface area contributed by atoms with Gasteiger partial charge in [0.25, 0.3) is 0 Å². The Balaban J connectivity index is 1.65. The predicted octanol–water partition coefficient (Wildman–Crippen LogP) is 5.95. The molecule has 0 aliphatic carbocycles. The van der Waals surface area contributed by atoms with E-state index in [0.717, 1.165) is 16.7 Å². The van der Waals surface area contributed by atoms with E-state index in [1.807, 2.05) is 31.4 Å². The first-order chi connectivity index (χ1) is 17.7. The van der Waals surface area contributed by atoms with Crippen LogP contribution in [0.3, 0.4) is 0 Å².